The maximum Gasteiger partial charge on any atom is 0.407 e. The Kier molecular flexibility index (Phi) is 18.9. The molecule has 1 aromatic rings. The highest BCUT2D eigenvalue weighted by Gasteiger charge is 2.26. The molecule has 0 bridgehead atoms. The third-order valence-corrected chi connectivity index (χ3v) is 8.09. The van der Waals surface area contributed by atoms with Crippen LogP contribution in [0.1, 0.15) is 129 Å². The summed E-state index contributed by atoms with van der Waals surface area (Å²) in [6.07, 6.45) is 27.1. The van der Waals surface area contributed by atoms with Crippen LogP contribution in [0.5, 0.6) is 0 Å². The molecule has 1 aromatic heterocycles. The summed E-state index contributed by atoms with van der Waals surface area (Å²) in [4.78, 5) is 11.9. The largest absolute Gasteiger partial charge is 0.447 e. The highest BCUT2D eigenvalue weighted by Crippen LogP contribution is 2.25. The van der Waals surface area contributed by atoms with Gasteiger partial charge in [0.2, 0.25) is 5.51 Å². The first-order chi connectivity index (χ1) is 17.8. The summed E-state index contributed by atoms with van der Waals surface area (Å²) in [5.74, 6) is 0.639. The molecule has 36 heavy (non-hydrogen) atoms. The minimum absolute atomic E-state index is 0.0787. The number of carbonyl (C=O) groups is 1. The number of hydrogen-bond donors (Lipinski definition) is 1. The minimum Gasteiger partial charge on any atom is -0.447 e. The number of ether oxygens (including phenoxy) is 2. The molecule has 1 aliphatic rings. The van der Waals surface area contributed by atoms with Crippen molar-refractivity contribution in [2.75, 3.05) is 19.8 Å². The van der Waals surface area contributed by atoms with Crippen LogP contribution in [0.2, 0.25) is 0 Å². The molecular formula is C30H55N2O3S+. The number of unbranched alkanes of at least 4 members (excludes halogenated alkanes) is 15. The molecule has 2 rings (SSSR count). The lowest BCUT2D eigenvalue weighted by Crippen LogP contribution is -2.30. The first-order valence-electron chi connectivity index (χ1n) is 15.2. The Morgan fingerprint density at radius 3 is 2.19 bits per heavy atom. The number of nitrogens with zero attached hydrogens (tertiary/aromatic N) is 1. The molecule has 0 radical (unpaired) electrons. The number of aromatic nitrogens is 1. The van der Waals surface area contributed by atoms with Gasteiger partial charge in [0.1, 0.15) is 13.2 Å². The minimum atomic E-state index is -0.304. The predicted octanol–water partition coefficient (Wildman–Crippen LogP) is 8.21. The van der Waals surface area contributed by atoms with Crippen molar-refractivity contribution in [1.29, 1.82) is 0 Å². The van der Waals surface area contributed by atoms with Crippen molar-refractivity contribution in [3.63, 3.8) is 0 Å². The first kappa shape index (κ1) is 31.1. The number of nitrogens with one attached hydrogen (secondary N) is 1. The van der Waals surface area contributed by atoms with Gasteiger partial charge in [-0.15, -0.1) is 0 Å². The highest BCUT2D eigenvalue weighted by molar-refractivity contribution is 7.07. The van der Waals surface area contributed by atoms with Crippen LogP contribution in [0.4, 0.5) is 4.79 Å². The number of alkyl carbamates (subject to hydrolysis) is 1. The van der Waals surface area contributed by atoms with E-state index in [1.165, 1.54) is 96.3 Å². The van der Waals surface area contributed by atoms with Gasteiger partial charge in [-0.3, -0.25) is 0 Å². The quantitative estimate of drug-likeness (QED) is 0.116. The van der Waals surface area contributed by atoms with Gasteiger partial charge in [0, 0.05) is 13.0 Å². The lowest BCUT2D eigenvalue weighted by Gasteiger charge is -2.11. The van der Waals surface area contributed by atoms with Crippen LogP contribution >= 0.6 is 11.3 Å². The van der Waals surface area contributed by atoms with Gasteiger partial charge in [-0.25, -0.2) is 4.79 Å². The lowest BCUT2D eigenvalue weighted by molar-refractivity contribution is -0.692. The van der Waals surface area contributed by atoms with Crippen molar-refractivity contribution in [1.82, 2.24) is 5.32 Å². The topological polar surface area (TPSA) is 51.4 Å². The second-order valence-corrected chi connectivity index (χ2v) is 11.5. The monoisotopic (exact) mass is 523 g/mol. The van der Waals surface area contributed by atoms with Crippen molar-refractivity contribution in [2.24, 2.45) is 5.92 Å². The van der Waals surface area contributed by atoms with Crippen molar-refractivity contribution in [3.05, 3.63) is 17.1 Å². The van der Waals surface area contributed by atoms with E-state index >= 15 is 0 Å². The number of carbonyl (C=O) groups excluding carboxylic acids is 1. The van der Waals surface area contributed by atoms with Crippen LogP contribution in [0, 0.1) is 5.92 Å². The van der Waals surface area contributed by atoms with E-state index in [1.807, 2.05) is 0 Å². The Hall–Kier alpha value is -1.14. The molecule has 0 aromatic carbocycles. The average Bonchev–Trinajstić information content (AvgIpc) is 3.57. The smallest absolute Gasteiger partial charge is 0.407 e. The molecule has 2 unspecified atom stereocenters. The Morgan fingerprint density at radius 1 is 0.917 bits per heavy atom. The number of aryl methyl sites for hydroxylation is 1. The Balaban J connectivity index is 1.30. The third-order valence-electron chi connectivity index (χ3n) is 7.42. The summed E-state index contributed by atoms with van der Waals surface area (Å²) in [6.45, 7) is 5.23. The highest BCUT2D eigenvalue weighted by atomic mass is 32.1. The second-order valence-electron chi connectivity index (χ2n) is 10.8. The Morgan fingerprint density at radius 2 is 1.56 bits per heavy atom. The molecule has 0 aliphatic carbocycles. The van der Waals surface area contributed by atoms with E-state index in [4.69, 9.17) is 9.47 Å². The van der Waals surface area contributed by atoms with Gasteiger partial charge in [-0.2, -0.15) is 4.57 Å². The molecule has 1 fully saturated rings. The molecular weight excluding hydrogens is 468 g/mol. The molecule has 6 heteroatoms. The van der Waals surface area contributed by atoms with Crippen LogP contribution in [-0.2, 0) is 16.0 Å². The zero-order chi connectivity index (χ0) is 25.5. The summed E-state index contributed by atoms with van der Waals surface area (Å²) in [6, 6.07) is 0. The van der Waals surface area contributed by atoms with E-state index in [-0.39, 0.29) is 12.2 Å². The molecule has 1 saturated heterocycles. The van der Waals surface area contributed by atoms with Crippen molar-refractivity contribution in [2.45, 2.75) is 142 Å². The SMILES string of the molecule is CCCCCCCCCCCCCCCCC1COC(COC(=O)NCCCCC[n+]2ccsc2)C1. The molecule has 0 spiro atoms. The van der Waals surface area contributed by atoms with Gasteiger partial charge in [-0.1, -0.05) is 108 Å². The Bertz CT molecular complexity index is 626. The van der Waals surface area contributed by atoms with E-state index < -0.39 is 0 Å². The zero-order valence-electron chi connectivity index (χ0n) is 23.2. The maximum absolute atomic E-state index is 11.9. The summed E-state index contributed by atoms with van der Waals surface area (Å²) in [5, 5.41) is 4.96. The van der Waals surface area contributed by atoms with Gasteiger partial charge in [-0.05, 0) is 31.6 Å². The zero-order valence-corrected chi connectivity index (χ0v) is 24.0. The van der Waals surface area contributed by atoms with Gasteiger partial charge in [0.25, 0.3) is 0 Å². The van der Waals surface area contributed by atoms with Crippen LogP contribution < -0.4 is 9.88 Å². The first-order valence-corrected chi connectivity index (χ1v) is 16.2. The van der Waals surface area contributed by atoms with Gasteiger partial charge < -0.3 is 14.8 Å². The standard InChI is InChI=1S/C30H54N2O3S/c1-2-3-4-5-6-7-8-9-10-11-12-13-14-16-19-28-24-29(34-25-28)26-35-30(33)31-20-17-15-18-21-32-22-23-36-27-32/h22-23,27-29H,2-21,24-26H2,1H3/p+1. The molecule has 1 N–H and O–H groups in total. The van der Waals surface area contributed by atoms with Crippen molar-refractivity contribution >= 4 is 17.4 Å². The van der Waals surface area contributed by atoms with Crippen LogP contribution in [0.3, 0.4) is 0 Å². The van der Waals surface area contributed by atoms with Crippen LogP contribution in [-0.4, -0.2) is 32.0 Å². The average molecular weight is 524 g/mol. The summed E-state index contributed by atoms with van der Waals surface area (Å²) in [5.41, 5.74) is 2.13. The van der Waals surface area contributed by atoms with Crippen molar-refractivity contribution < 1.29 is 18.8 Å². The van der Waals surface area contributed by atoms with E-state index in [2.05, 4.69) is 33.9 Å². The summed E-state index contributed by atoms with van der Waals surface area (Å²) in [7, 11) is 0. The number of amides is 1. The molecule has 5 nitrogen and oxygen atoms in total. The van der Waals surface area contributed by atoms with E-state index in [0.29, 0.717) is 19.1 Å². The van der Waals surface area contributed by atoms with Crippen molar-refractivity contribution in [3.8, 4) is 0 Å². The van der Waals surface area contributed by atoms with E-state index in [1.54, 1.807) is 11.3 Å². The van der Waals surface area contributed by atoms with Gasteiger partial charge >= 0.3 is 6.09 Å². The number of rotatable bonds is 23. The summed E-state index contributed by atoms with van der Waals surface area (Å²) < 4.78 is 13.5. The molecule has 208 valence electrons. The third kappa shape index (κ3) is 16.6. The van der Waals surface area contributed by atoms with Crippen LogP contribution in [0.15, 0.2) is 17.1 Å². The molecule has 1 aliphatic heterocycles. The second kappa shape index (κ2) is 21.9. The lowest BCUT2D eigenvalue weighted by atomic mass is 9.97. The Labute approximate surface area is 225 Å². The molecule has 1 amide bonds. The molecule has 0 saturated carbocycles. The number of hydrogen-bond acceptors (Lipinski definition) is 4. The predicted molar refractivity (Wildman–Crippen MR) is 150 cm³/mol. The fraction of sp³-hybridized carbons (Fsp3) is 0.867. The maximum atomic E-state index is 11.9. The fourth-order valence-electron chi connectivity index (χ4n) is 5.12. The summed E-state index contributed by atoms with van der Waals surface area (Å²) >= 11 is 1.72. The molecule has 2 atom stereocenters. The van der Waals surface area contributed by atoms with Gasteiger partial charge in [0.15, 0.2) is 6.20 Å². The van der Waals surface area contributed by atoms with Gasteiger partial charge in [0.05, 0.1) is 18.1 Å². The van der Waals surface area contributed by atoms with Crippen LogP contribution in [0.25, 0.3) is 0 Å². The number of thiazole rings is 1. The van der Waals surface area contributed by atoms with E-state index in [0.717, 1.165) is 38.8 Å². The van der Waals surface area contributed by atoms with E-state index in [9.17, 15) is 4.79 Å². The fourth-order valence-corrected chi connectivity index (χ4v) is 5.75. The molecule has 2 heterocycles. The normalized spacial score (nSPS) is 17.5.